The molecule has 1 fully saturated rings. The Morgan fingerprint density at radius 1 is 0.697 bits per heavy atom. The molecule has 0 bridgehead atoms. The molecule has 3 aliphatic rings. The number of nitrogens with zero attached hydrogens (tertiary/aromatic N) is 2. The molecule has 0 radical (unpaired) electrons. The van der Waals surface area contributed by atoms with E-state index in [9.17, 15) is 19.2 Å². The van der Waals surface area contributed by atoms with Crippen LogP contribution < -0.4 is 9.80 Å². The molecular weight excluding hydrogens is 416 g/mol. The quantitative estimate of drug-likeness (QED) is 0.676. The van der Waals surface area contributed by atoms with Gasteiger partial charge in [-0.1, -0.05) is 41.5 Å². The number of hydrogen-bond acceptors (Lipinski definition) is 4. The van der Waals surface area contributed by atoms with E-state index in [-0.39, 0.29) is 42.4 Å². The Labute approximate surface area is 192 Å². The molecule has 2 atom stereocenters. The van der Waals surface area contributed by atoms with Gasteiger partial charge in [0.05, 0.1) is 22.9 Å². The number of allylic oxidation sites excluding steroid dienone is 1. The summed E-state index contributed by atoms with van der Waals surface area (Å²) >= 11 is 0. The molecule has 4 amide bonds. The minimum Gasteiger partial charge on any atom is -0.274 e. The molecule has 0 N–H and O–H groups in total. The first-order chi connectivity index (χ1) is 15.8. The third kappa shape index (κ3) is 3.33. The second-order valence-electron chi connectivity index (χ2n) is 9.07. The summed E-state index contributed by atoms with van der Waals surface area (Å²) < 4.78 is 0. The molecule has 0 spiro atoms. The normalized spacial score (nSPS) is 22.9. The van der Waals surface area contributed by atoms with Gasteiger partial charge in [0.15, 0.2) is 0 Å². The second-order valence-corrected chi connectivity index (χ2v) is 9.07. The first-order valence-electron chi connectivity index (χ1n) is 11.1. The highest BCUT2D eigenvalue weighted by atomic mass is 16.2. The monoisotopic (exact) mass is 440 g/mol. The fourth-order valence-corrected chi connectivity index (χ4v) is 5.01. The summed E-state index contributed by atoms with van der Waals surface area (Å²) in [5, 5.41) is 0. The fraction of sp³-hybridized carbons (Fsp3) is 0.259. The summed E-state index contributed by atoms with van der Waals surface area (Å²) in [6, 6.07) is 14.5. The van der Waals surface area contributed by atoms with E-state index in [1.807, 2.05) is 44.2 Å². The van der Waals surface area contributed by atoms with Gasteiger partial charge >= 0.3 is 0 Å². The highest BCUT2D eigenvalue weighted by Crippen LogP contribution is 2.43. The Bertz CT molecular complexity index is 1270. The Hall–Kier alpha value is -3.80. The van der Waals surface area contributed by atoms with Gasteiger partial charge in [-0.3, -0.25) is 24.1 Å². The highest BCUT2D eigenvalue weighted by Gasteiger charge is 2.48. The van der Waals surface area contributed by atoms with E-state index in [1.165, 1.54) is 9.80 Å². The van der Waals surface area contributed by atoms with Crippen LogP contribution in [0.2, 0.25) is 0 Å². The summed E-state index contributed by atoms with van der Waals surface area (Å²) in [5.74, 6) is -2.04. The van der Waals surface area contributed by atoms with Crippen molar-refractivity contribution >= 4 is 35.0 Å². The van der Waals surface area contributed by atoms with Crippen LogP contribution >= 0.6 is 0 Å². The molecule has 33 heavy (non-hydrogen) atoms. The number of benzene rings is 2. The molecule has 6 nitrogen and oxygen atoms in total. The van der Waals surface area contributed by atoms with Crippen molar-refractivity contribution < 1.29 is 19.2 Å². The summed E-state index contributed by atoms with van der Waals surface area (Å²) in [4.78, 5) is 54.9. The molecule has 5 rings (SSSR count). The van der Waals surface area contributed by atoms with Gasteiger partial charge < -0.3 is 0 Å². The van der Waals surface area contributed by atoms with Gasteiger partial charge in [0, 0.05) is 12.0 Å². The molecule has 2 aromatic carbocycles. The minimum absolute atomic E-state index is 0.0909. The van der Waals surface area contributed by atoms with E-state index in [2.05, 4.69) is 0 Å². The topological polar surface area (TPSA) is 74.8 Å². The lowest BCUT2D eigenvalue weighted by Gasteiger charge is -2.24. The molecule has 2 aliphatic heterocycles. The lowest BCUT2D eigenvalue weighted by atomic mass is 9.78. The van der Waals surface area contributed by atoms with Crippen molar-refractivity contribution in [3.63, 3.8) is 0 Å². The van der Waals surface area contributed by atoms with Crippen LogP contribution in [-0.4, -0.2) is 23.6 Å². The molecule has 0 saturated carbocycles. The number of hydrogen-bond donors (Lipinski definition) is 0. The van der Waals surface area contributed by atoms with Gasteiger partial charge in [0.1, 0.15) is 0 Å². The van der Waals surface area contributed by atoms with Gasteiger partial charge in [-0.25, -0.2) is 4.90 Å². The smallest absolute Gasteiger partial charge is 0.266 e. The Morgan fingerprint density at radius 3 is 1.82 bits per heavy atom. The number of carbonyl (C=O) groups excluding carboxylic acids is 4. The van der Waals surface area contributed by atoms with E-state index < -0.39 is 5.92 Å². The van der Waals surface area contributed by atoms with Crippen molar-refractivity contribution in [2.24, 2.45) is 11.8 Å². The summed E-state index contributed by atoms with van der Waals surface area (Å²) in [5.41, 5.74) is 4.71. The van der Waals surface area contributed by atoms with Crippen molar-refractivity contribution in [3.8, 4) is 0 Å². The van der Waals surface area contributed by atoms with Crippen molar-refractivity contribution in [2.75, 3.05) is 9.80 Å². The van der Waals surface area contributed by atoms with Crippen LogP contribution in [0.15, 0.2) is 71.3 Å². The van der Waals surface area contributed by atoms with Gasteiger partial charge in [-0.15, -0.1) is 0 Å². The third-order valence-electron chi connectivity index (χ3n) is 6.76. The molecule has 2 heterocycles. The Balaban J connectivity index is 1.42. The number of imide groups is 2. The first-order valence-corrected chi connectivity index (χ1v) is 11.1. The average Bonchev–Trinajstić information content (AvgIpc) is 3.22. The Morgan fingerprint density at radius 2 is 1.24 bits per heavy atom. The zero-order chi connectivity index (χ0) is 23.4. The second kappa shape index (κ2) is 7.66. The molecule has 0 aromatic heterocycles. The molecule has 1 saturated heterocycles. The van der Waals surface area contributed by atoms with Crippen molar-refractivity contribution in [2.45, 2.75) is 33.6 Å². The summed E-state index contributed by atoms with van der Waals surface area (Å²) in [6.45, 7) is 5.68. The van der Waals surface area contributed by atoms with Crippen LogP contribution in [0.4, 0.5) is 11.4 Å². The van der Waals surface area contributed by atoms with Crippen LogP contribution in [-0.2, 0) is 19.2 Å². The van der Waals surface area contributed by atoms with Crippen molar-refractivity contribution in [3.05, 3.63) is 82.5 Å². The van der Waals surface area contributed by atoms with Crippen LogP contribution in [0.1, 0.15) is 30.9 Å². The van der Waals surface area contributed by atoms with Gasteiger partial charge in [-0.05, 0) is 62.9 Å². The van der Waals surface area contributed by atoms with Crippen molar-refractivity contribution in [1.82, 2.24) is 0 Å². The zero-order valence-corrected chi connectivity index (χ0v) is 18.8. The number of aryl methyl sites for hydroxylation is 2. The standard InChI is InChI=1S/C27H24N2O4/c1-15-4-8-19(9-5-15)28-23(30)14-21(25(28)31)18-12-17(3)24-22(13-18)26(32)29(27(24)33)20-10-6-16(2)7-11-20/h4-12,18,21H,13-14H2,1-3H3. The van der Waals surface area contributed by atoms with Gasteiger partial charge in [0.25, 0.3) is 11.8 Å². The molecule has 1 aliphatic carbocycles. The average molecular weight is 440 g/mol. The van der Waals surface area contributed by atoms with E-state index in [4.69, 9.17) is 0 Å². The number of anilines is 2. The van der Waals surface area contributed by atoms with Crippen LogP contribution in [0.25, 0.3) is 0 Å². The number of carbonyl (C=O) groups is 4. The highest BCUT2D eigenvalue weighted by molar-refractivity contribution is 6.34. The van der Waals surface area contributed by atoms with Gasteiger partial charge in [-0.2, -0.15) is 0 Å². The van der Waals surface area contributed by atoms with E-state index >= 15 is 0 Å². The maximum atomic E-state index is 13.3. The zero-order valence-electron chi connectivity index (χ0n) is 18.8. The summed E-state index contributed by atoms with van der Waals surface area (Å²) in [7, 11) is 0. The predicted octanol–water partition coefficient (Wildman–Crippen LogP) is 4.02. The molecule has 2 unspecified atom stereocenters. The van der Waals surface area contributed by atoms with Crippen molar-refractivity contribution in [1.29, 1.82) is 0 Å². The summed E-state index contributed by atoms with van der Waals surface area (Å²) in [6.07, 6.45) is 2.25. The van der Waals surface area contributed by atoms with E-state index in [0.717, 1.165) is 11.1 Å². The number of rotatable bonds is 3. The minimum atomic E-state index is -0.556. The first kappa shape index (κ1) is 21.1. The SMILES string of the molecule is CC1=CC(C2CC(=O)N(c3ccc(C)cc3)C2=O)CC2=C1C(=O)N(c1ccc(C)cc1)C2=O. The van der Waals surface area contributed by atoms with Crippen LogP contribution in [0.3, 0.4) is 0 Å². The Kier molecular flexibility index (Phi) is 4.89. The largest absolute Gasteiger partial charge is 0.274 e. The maximum absolute atomic E-state index is 13.3. The molecular formula is C27H24N2O4. The van der Waals surface area contributed by atoms with E-state index in [1.54, 1.807) is 31.2 Å². The third-order valence-corrected chi connectivity index (χ3v) is 6.76. The van der Waals surface area contributed by atoms with Crippen LogP contribution in [0.5, 0.6) is 0 Å². The fourth-order valence-electron chi connectivity index (χ4n) is 5.01. The number of amides is 4. The molecule has 2 aromatic rings. The van der Waals surface area contributed by atoms with E-state index in [0.29, 0.717) is 28.1 Å². The predicted molar refractivity (Wildman–Crippen MR) is 124 cm³/mol. The lowest BCUT2D eigenvalue weighted by molar-refractivity contribution is -0.123. The van der Waals surface area contributed by atoms with Crippen LogP contribution in [0, 0.1) is 25.7 Å². The molecule has 166 valence electrons. The lowest BCUT2D eigenvalue weighted by Crippen LogP contribution is -2.33. The molecule has 6 heteroatoms. The maximum Gasteiger partial charge on any atom is 0.266 e. The van der Waals surface area contributed by atoms with Gasteiger partial charge in [0.2, 0.25) is 11.8 Å².